The van der Waals surface area contributed by atoms with Crippen molar-refractivity contribution in [3.05, 3.63) is 89.1 Å². The molecule has 0 saturated carbocycles. The summed E-state index contributed by atoms with van der Waals surface area (Å²) in [4.78, 5) is 6.45. The second kappa shape index (κ2) is 7.43. The van der Waals surface area contributed by atoms with Crippen LogP contribution in [0, 0.1) is 0 Å². The van der Waals surface area contributed by atoms with Gasteiger partial charge in [0.05, 0.1) is 0 Å². The van der Waals surface area contributed by atoms with Crippen molar-refractivity contribution in [2.45, 2.75) is 6.42 Å². The number of anilines is 2. The van der Waals surface area contributed by atoms with Crippen LogP contribution < -0.4 is 10.6 Å². The lowest BCUT2D eigenvalue weighted by Gasteiger charge is -2.22. The third-order valence-electron chi connectivity index (χ3n) is 3.55. The highest BCUT2D eigenvalue weighted by atomic mass is 35.5. The van der Waals surface area contributed by atoms with Gasteiger partial charge in [-0.05, 0) is 54.2 Å². The van der Waals surface area contributed by atoms with Crippen molar-refractivity contribution in [3.63, 3.8) is 0 Å². The SMILES string of the molecule is NC(=S)N(c1ccc(Cl)cc1)c1cccc(Cc2ccccc2)n1. The Labute approximate surface area is 151 Å². The molecule has 0 fully saturated rings. The van der Waals surface area contributed by atoms with Crippen LogP contribution >= 0.6 is 23.8 Å². The highest BCUT2D eigenvalue weighted by Crippen LogP contribution is 2.25. The maximum Gasteiger partial charge on any atom is 0.176 e. The molecule has 0 atom stereocenters. The van der Waals surface area contributed by atoms with Crippen molar-refractivity contribution in [2.24, 2.45) is 5.73 Å². The number of benzene rings is 2. The largest absolute Gasteiger partial charge is 0.376 e. The summed E-state index contributed by atoms with van der Waals surface area (Å²) < 4.78 is 0. The number of hydrogen-bond acceptors (Lipinski definition) is 2. The Hall–Kier alpha value is -2.43. The van der Waals surface area contributed by atoms with Gasteiger partial charge in [-0.1, -0.05) is 48.0 Å². The van der Waals surface area contributed by atoms with Gasteiger partial charge in [-0.3, -0.25) is 4.90 Å². The second-order valence-corrected chi connectivity index (χ2v) is 6.15. The average Bonchev–Trinajstić information content (AvgIpc) is 2.58. The fourth-order valence-electron chi connectivity index (χ4n) is 2.46. The summed E-state index contributed by atoms with van der Waals surface area (Å²) in [5, 5.41) is 0.897. The Morgan fingerprint density at radius 1 is 0.958 bits per heavy atom. The quantitative estimate of drug-likeness (QED) is 0.690. The van der Waals surface area contributed by atoms with Crippen molar-refractivity contribution in [1.29, 1.82) is 0 Å². The first-order chi connectivity index (χ1) is 11.6. The number of nitrogens with two attached hydrogens (primary N) is 1. The first kappa shape index (κ1) is 16.4. The zero-order chi connectivity index (χ0) is 16.9. The van der Waals surface area contributed by atoms with Crippen LogP contribution in [0.5, 0.6) is 0 Å². The average molecular weight is 354 g/mol. The third-order valence-corrected chi connectivity index (χ3v) is 3.99. The van der Waals surface area contributed by atoms with Crippen molar-refractivity contribution in [1.82, 2.24) is 4.98 Å². The van der Waals surface area contributed by atoms with E-state index in [1.165, 1.54) is 5.56 Å². The van der Waals surface area contributed by atoms with Gasteiger partial charge in [-0.15, -0.1) is 0 Å². The van der Waals surface area contributed by atoms with Crippen molar-refractivity contribution < 1.29 is 0 Å². The molecular formula is C19H16ClN3S. The molecule has 2 N–H and O–H groups in total. The molecule has 0 bridgehead atoms. The monoisotopic (exact) mass is 353 g/mol. The normalized spacial score (nSPS) is 10.4. The standard InChI is InChI=1S/C19H16ClN3S/c20-15-9-11-17(12-10-15)23(19(21)24)18-8-4-7-16(22-18)13-14-5-2-1-3-6-14/h1-12H,13H2,(H2,21,24). The molecule has 24 heavy (non-hydrogen) atoms. The number of halogens is 1. The molecule has 1 aromatic heterocycles. The van der Waals surface area contributed by atoms with E-state index in [0.29, 0.717) is 10.8 Å². The summed E-state index contributed by atoms with van der Waals surface area (Å²) in [6.45, 7) is 0. The molecule has 2 aromatic carbocycles. The van der Waals surface area contributed by atoms with Gasteiger partial charge in [-0.25, -0.2) is 4.98 Å². The van der Waals surface area contributed by atoms with Crippen molar-refractivity contribution >= 4 is 40.4 Å². The number of nitrogens with zero attached hydrogens (tertiary/aromatic N) is 2. The lowest BCUT2D eigenvalue weighted by molar-refractivity contribution is 1.06. The second-order valence-electron chi connectivity index (χ2n) is 5.30. The van der Waals surface area contributed by atoms with E-state index in [0.717, 1.165) is 17.8 Å². The molecule has 3 nitrogen and oxygen atoms in total. The molecule has 0 unspecified atom stereocenters. The highest BCUT2D eigenvalue weighted by molar-refractivity contribution is 7.80. The first-order valence-corrected chi connectivity index (χ1v) is 8.27. The van der Waals surface area contributed by atoms with Crippen LogP contribution in [-0.4, -0.2) is 10.1 Å². The number of aromatic nitrogens is 1. The number of thiocarbonyl (C=S) groups is 1. The Morgan fingerprint density at radius 2 is 1.67 bits per heavy atom. The van der Waals surface area contributed by atoms with E-state index < -0.39 is 0 Å². The molecule has 0 aliphatic carbocycles. The zero-order valence-corrected chi connectivity index (χ0v) is 14.5. The molecule has 0 aliphatic rings. The van der Waals surface area contributed by atoms with E-state index in [2.05, 4.69) is 12.1 Å². The molecule has 0 spiro atoms. The van der Waals surface area contributed by atoms with E-state index in [9.17, 15) is 0 Å². The lowest BCUT2D eigenvalue weighted by atomic mass is 10.1. The molecule has 3 rings (SSSR count). The first-order valence-electron chi connectivity index (χ1n) is 7.48. The molecule has 0 aliphatic heterocycles. The summed E-state index contributed by atoms with van der Waals surface area (Å²) in [5.74, 6) is 0.693. The van der Waals surface area contributed by atoms with E-state index >= 15 is 0 Å². The molecule has 3 aromatic rings. The number of hydrogen-bond donors (Lipinski definition) is 1. The Bertz CT molecular complexity index is 835. The summed E-state index contributed by atoms with van der Waals surface area (Å²) in [7, 11) is 0. The Balaban J connectivity index is 1.93. The maximum atomic E-state index is 5.96. The zero-order valence-electron chi connectivity index (χ0n) is 12.9. The van der Waals surface area contributed by atoms with Crippen LogP contribution in [0.3, 0.4) is 0 Å². The van der Waals surface area contributed by atoms with Crippen LogP contribution in [-0.2, 0) is 6.42 Å². The highest BCUT2D eigenvalue weighted by Gasteiger charge is 2.14. The fraction of sp³-hybridized carbons (Fsp3) is 0.0526. The minimum atomic E-state index is 0.238. The molecule has 0 saturated heterocycles. The molecule has 1 heterocycles. The van der Waals surface area contributed by atoms with Gasteiger partial charge < -0.3 is 5.73 Å². The van der Waals surface area contributed by atoms with Gasteiger partial charge in [-0.2, -0.15) is 0 Å². The van der Waals surface area contributed by atoms with Crippen LogP contribution in [0.25, 0.3) is 0 Å². The third kappa shape index (κ3) is 3.91. The summed E-state index contributed by atoms with van der Waals surface area (Å²) in [6, 6.07) is 23.4. The number of rotatable bonds is 4. The van der Waals surface area contributed by atoms with Crippen molar-refractivity contribution in [2.75, 3.05) is 4.90 Å². The van der Waals surface area contributed by atoms with E-state index in [1.54, 1.807) is 17.0 Å². The Kier molecular flexibility index (Phi) is 5.08. The maximum absolute atomic E-state index is 5.96. The van der Waals surface area contributed by atoms with Crippen LogP contribution in [0.4, 0.5) is 11.5 Å². The molecular weight excluding hydrogens is 338 g/mol. The van der Waals surface area contributed by atoms with Gasteiger partial charge in [0, 0.05) is 22.8 Å². The van der Waals surface area contributed by atoms with Gasteiger partial charge in [0.2, 0.25) is 0 Å². The smallest absolute Gasteiger partial charge is 0.176 e. The minimum absolute atomic E-state index is 0.238. The van der Waals surface area contributed by atoms with Crippen LogP contribution in [0.1, 0.15) is 11.3 Å². The predicted octanol–water partition coefficient (Wildman–Crippen LogP) is 4.71. The molecule has 0 radical (unpaired) electrons. The van der Waals surface area contributed by atoms with Gasteiger partial charge in [0.15, 0.2) is 5.11 Å². The van der Waals surface area contributed by atoms with E-state index in [4.69, 9.17) is 34.5 Å². The summed E-state index contributed by atoms with van der Waals surface area (Å²) >= 11 is 11.2. The molecule has 0 amide bonds. The lowest BCUT2D eigenvalue weighted by Crippen LogP contribution is -2.31. The van der Waals surface area contributed by atoms with Gasteiger partial charge in [0.1, 0.15) is 5.82 Å². The van der Waals surface area contributed by atoms with Crippen molar-refractivity contribution in [3.8, 4) is 0 Å². The molecule has 120 valence electrons. The summed E-state index contributed by atoms with van der Waals surface area (Å²) in [5.41, 5.74) is 8.91. The topological polar surface area (TPSA) is 42.1 Å². The predicted molar refractivity (Wildman–Crippen MR) is 104 cm³/mol. The van der Waals surface area contributed by atoms with Crippen LogP contribution in [0.15, 0.2) is 72.8 Å². The van der Waals surface area contributed by atoms with E-state index in [1.807, 2.05) is 48.5 Å². The van der Waals surface area contributed by atoms with Crippen LogP contribution in [0.2, 0.25) is 5.02 Å². The number of pyridine rings is 1. The fourth-order valence-corrected chi connectivity index (χ4v) is 2.78. The van der Waals surface area contributed by atoms with Gasteiger partial charge >= 0.3 is 0 Å². The van der Waals surface area contributed by atoms with Gasteiger partial charge in [0.25, 0.3) is 0 Å². The van der Waals surface area contributed by atoms with E-state index in [-0.39, 0.29) is 5.11 Å². The Morgan fingerprint density at radius 3 is 2.33 bits per heavy atom. The summed E-state index contributed by atoms with van der Waals surface area (Å²) in [6.07, 6.45) is 0.750. The minimum Gasteiger partial charge on any atom is -0.376 e. The molecule has 5 heteroatoms.